The van der Waals surface area contributed by atoms with Crippen LogP contribution in [0.15, 0.2) is 0 Å². The van der Waals surface area contributed by atoms with Crippen molar-refractivity contribution >= 4 is 27.7 Å². The van der Waals surface area contributed by atoms with E-state index in [4.69, 9.17) is 0 Å². The van der Waals surface area contributed by atoms with Gasteiger partial charge in [0.25, 0.3) is 5.91 Å². The molecule has 2 aliphatic rings. The lowest BCUT2D eigenvalue weighted by Gasteiger charge is -2.32. The molecule has 0 aromatic carbocycles. The lowest BCUT2D eigenvalue weighted by Crippen LogP contribution is -2.56. The Morgan fingerprint density at radius 2 is 1.76 bits per heavy atom. The number of sulfonamides is 1. The molecule has 1 saturated carbocycles. The Hall–Kier alpha value is -1.64. The maximum Gasteiger partial charge on any atom is 0.312 e. The Kier molecular flexibility index (Phi) is 4.50. The highest BCUT2D eigenvalue weighted by Gasteiger charge is 2.35. The van der Waals surface area contributed by atoms with Gasteiger partial charge in [0, 0.05) is 19.6 Å². The number of hydrogen-bond acceptors (Lipinski definition) is 5. The summed E-state index contributed by atoms with van der Waals surface area (Å²) in [6.07, 6.45) is 1.94. The molecule has 3 amide bonds. The monoisotopic (exact) mass is 317 g/mol. The van der Waals surface area contributed by atoms with Gasteiger partial charge in [-0.25, -0.2) is 8.42 Å². The molecule has 0 spiro atoms. The van der Waals surface area contributed by atoms with Crippen molar-refractivity contribution < 1.29 is 22.8 Å². The van der Waals surface area contributed by atoms with Crippen molar-refractivity contribution in [2.24, 2.45) is 0 Å². The standard InChI is InChI=1S/C12H19N3O5S/c1-2-14-6-7-15(12(18)11(14)17)8-10(16)13-21(19,20)9-4-3-5-9/h9H,2-8H2,1H3,(H,13,16). The zero-order chi connectivity index (χ0) is 15.6. The number of likely N-dealkylation sites (N-methyl/N-ethyl adjacent to an activating group) is 1. The molecule has 8 nitrogen and oxygen atoms in total. The minimum absolute atomic E-state index is 0.231. The van der Waals surface area contributed by atoms with E-state index in [2.05, 4.69) is 0 Å². The molecule has 0 aromatic rings. The number of nitrogens with one attached hydrogen (secondary N) is 1. The molecular weight excluding hydrogens is 298 g/mol. The number of nitrogens with zero attached hydrogens (tertiary/aromatic N) is 2. The van der Waals surface area contributed by atoms with Crippen LogP contribution in [0.2, 0.25) is 0 Å². The van der Waals surface area contributed by atoms with E-state index in [1.165, 1.54) is 4.90 Å². The van der Waals surface area contributed by atoms with Crippen LogP contribution < -0.4 is 4.72 Å². The number of piperazine rings is 1. The van der Waals surface area contributed by atoms with E-state index in [0.29, 0.717) is 25.9 Å². The van der Waals surface area contributed by atoms with E-state index in [-0.39, 0.29) is 6.54 Å². The maximum atomic E-state index is 11.8. The Labute approximate surface area is 123 Å². The molecule has 0 unspecified atom stereocenters. The van der Waals surface area contributed by atoms with Gasteiger partial charge in [-0.05, 0) is 19.8 Å². The molecule has 0 aromatic heterocycles. The second kappa shape index (κ2) is 6.00. The van der Waals surface area contributed by atoms with E-state index in [0.717, 1.165) is 11.3 Å². The highest BCUT2D eigenvalue weighted by atomic mass is 32.2. The molecule has 21 heavy (non-hydrogen) atoms. The van der Waals surface area contributed by atoms with Gasteiger partial charge in [-0.3, -0.25) is 19.1 Å². The molecule has 2 rings (SSSR count). The normalized spacial score (nSPS) is 20.4. The lowest BCUT2D eigenvalue weighted by molar-refractivity contribution is -0.156. The molecule has 1 saturated heterocycles. The van der Waals surface area contributed by atoms with Crippen LogP contribution in [0.1, 0.15) is 26.2 Å². The first kappa shape index (κ1) is 15.7. The van der Waals surface area contributed by atoms with Gasteiger partial charge in [0.15, 0.2) is 0 Å². The summed E-state index contributed by atoms with van der Waals surface area (Å²) in [4.78, 5) is 37.7. The third kappa shape index (κ3) is 3.34. The van der Waals surface area contributed by atoms with Gasteiger partial charge in [0.2, 0.25) is 10.0 Å². The summed E-state index contributed by atoms with van der Waals surface area (Å²) in [6.45, 7) is 2.37. The van der Waals surface area contributed by atoms with Crippen LogP contribution in [-0.2, 0) is 24.4 Å². The van der Waals surface area contributed by atoms with Gasteiger partial charge in [0.1, 0.15) is 6.54 Å². The van der Waals surface area contributed by atoms with Crippen molar-refractivity contribution in [3.63, 3.8) is 0 Å². The summed E-state index contributed by atoms with van der Waals surface area (Å²) >= 11 is 0. The number of amides is 3. The summed E-state index contributed by atoms with van der Waals surface area (Å²) in [5.41, 5.74) is 0. The average molecular weight is 317 g/mol. The van der Waals surface area contributed by atoms with Crippen LogP contribution in [0.4, 0.5) is 0 Å². The molecule has 2 fully saturated rings. The fraction of sp³-hybridized carbons (Fsp3) is 0.750. The smallest absolute Gasteiger partial charge is 0.312 e. The average Bonchev–Trinajstić information content (AvgIpc) is 2.31. The summed E-state index contributed by atoms with van der Waals surface area (Å²) in [5.74, 6) is -2.19. The molecule has 1 heterocycles. The fourth-order valence-corrected chi connectivity index (χ4v) is 3.80. The van der Waals surface area contributed by atoms with Crippen LogP contribution in [0, 0.1) is 0 Å². The van der Waals surface area contributed by atoms with Crippen LogP contribution in [-0.4, -0.2) is 67.4 Å². The summed E-state index contributed by atoms with van der Waals surface area (Å²) < 4.78 is 25.6. The molecule has 0 radical (unpaired) electrons. The van der Waals surface area contributed by atoms with Gasteiger partial charge in [-0.2, -0.15) is 0 Å². The summed E-state index contributed by atoms with van der Waals surface area (Å²) in [6, 6.07) is 0. The van der Waals surface area contributed by atoms with Gasteiger partial charge in [-0.1, -0.05) is 6.42 Å². The topological polar surface area (TPSA) is 104 Å². The Morgan fingerprint density at radius 3 is 2.29 bits per heavy atom. The molecule has 9 heteroatoms. The fourth-order valence-electron chi connectivity index (χ4n) is 2.30. The van der Waals surface area contributed by atoms with Crippen molar-refractivity contribution in [1.29, 1.82) is 0 Å². The van der Waals surface area contributed by atoms with Gasteiger partial charge in [-0.15, -0.1) is 0 Å². The molecule has 118 valence electrons. The van der Waals surface area contributed by atoms with Crippen molar-refractivity contribution in [2.75, 3.05) is 26.2 Å². The number of hydrogen-bond donors (Lipinski definition) is 1. The Balaban J connectivity index is 1.91. The van der Waals surface area contributed by atoms with Gasteiger partial charge >= 0.3 is 11.8 Å². The van der Waals surface area contributed by atoms with Gasteiger partial charge < -0.3 is 9.80 Å². The third-order valence-electron chi connectivity index (χ3n) is 3.86. The Bertz CT molecular complexity index is 555. The Morgan fingerprint density at radius 1 is 1.19 bits per heavy atom. The summed E-state index contributed by atoms with van der Waals surface area (Å²) in [5, 5.41) is -0.518. The largest absolute Gasteiger partial charge is 0.333 e. The quantitative estimate of drug-likeness (QED) is 0.633. The SMILES string of the molecule is CCN1CCN(CC(=O)NS(=O)(=O)C2CCC2)C(=O)C1=O. The van der Waals surface area contributed by atoms with Crippen LogP contribution in [0.25, 0.3) is 0 Å². The van der Waals surface area contributed by atoms with E-state index in [9.17, 15) is 22.8 Å². The van der Waals surface area contributed by atoms with Crippen LogP contribution >= 0.6 is 0 Å². The van der Waals surface area contributed by atoms with Gasteiger partial charge in [0.05, 0.1) is 5.25 Å². The van der Waals surface area contributed by atoms with Crippen molar-refractivity contribution in [2.45, 2.75) is 31.4 Å². The van der Waals surface area contributed by atoms with Crippen molar-refractivity contribution in [3.05, 3.63) is 0 Å². The summed E-state index contributed by atoms with van der Waals surface area (Å²) in [7, 11) is -3.65. The first-order chi connectivity index (χ1) is 9.85. The second-order valence-electron chi connectivity index (χ2n) is 5.23. The van der Waals surface area contributed by atoms with Crippen molar-refractivity contribution in [1.82, 2.24) is 14.5 Å². The predicted octanol–water partition coefficient (Wildman–Crippen LogP) is -1.32. The van der Waals surface area contributed by atoms with Crippen LogP contribution in [0.3, 0.4) is 0 Å². The van der Waals surface area contributed by atoms with E-state index in [1.54, 1.807) is 6.92 Å². The second-order valence-corrected chi connectivity index (χ2v) is 7.20. The molecular formula is C12H19N3O5S. The first-order valence-corrected chi connectivity index (χ1v) is 8.52. The highest BCUT2D eigenvalue weighted by Crippen LogP contribution is 2.25. The first-order valence-electron chi connectivity index (χ1n) is 6.97. The maximum absolute atomic E-state index is 11.8. The zero-order valence-electron chi connectivity index (χ0n) is 11.9. The number of rotatable bonds is 5. The molecule has 0 atom stereocenters. The lowest BCUT2D eigenvalue weighted by atomic mass is 10.0. The minimum Gasteiger partial charge on any atom is -0.333 e. The van der Waals surface area contributed by atoms with Crippen LogP contribution in [0.5, 0.6) is 0 Å². The minimum atomic E-state index is -3.65. The van der Waals surface area contributed by atoms with E-state index in [1.807, 2.05) is 4.72 Å². The van der Waals surface area contributed by atoms with Crippen molar-refractivity contribution in [3.8, 4) is 0 Å². The third-order valence-corrected chi connectivity index (χ3v) is 5.72. The molecule has 1 aliphatic carbocycles. The van der Waals surface area contributed by atoms with E-state index < -0.39 is 39.5 Å². The molecule has 1 aliphatic heterocycles. The molecule has 1 N–H and O–H groups in total. The van der Waals surface area contributed by atoms with E-state index >= 15 is 0 Å². The number of carbonyl (C=O) groups is 3. The number of carbonyl (C=O) groups excluding carboxylic acids is 3. The predicted molar refractivity (Wildman–Crippen MR) is 73.5 cm³/mol. The zero-order valence-corrected chi connectivity index (χ0v) is 12.7. The highest BCUT2D eigenvalue weighted by molar-refractivity contribution is 7.90. The molecule has 0 bridgehead atoms.